The van der Waals surface area contributed by atoms with Gasteiger partial charge in [0.05, 0.1) is 17.1 Å². The van der Waals surface area contributed by atoms with E-state index in [0.717, 1.165) is 42.0 Å². The molecule has 8 nitrogen and oxygen atoms in total. The van der Waals surface area contributed by atoms with Gasteiger partial charge in [0, 0.05) is 42.3 Å². The zero-order chi connectivity index (χ0) is 23.5. The van der Waals surface area contributed by atoms with E-state index in [1.807, 2.05) is 37.4 Å². The van der Waals surface area contributed by atoms with Crippen molar-refractivity contribution in [2.45, 2.75) is 50.7 Å². The van der Waals surface area contributed by atoms with Crippen LogP contribution in [0.25, 0.3) is 0 Å². The molecule has 1 aromatic carbocycles. The van der Waals surface area contributed by atoms with Gasteiger partial charge in [-0.25, -0.2) is 13.4 Å². The fourth-order valence-electron chi connectivity index (χ4n) is 6.88. The third-order valence-corrected chi connectivity index (χ3v) is 9.96. The van der Waals surface area contributed by atoms with Gasteiger partial charge in [0.2, 0.25) is 5.95 Å². The highest BCUT2D eigenvalue weighted by molar-refractivity contribution is 7.91. The molecule has 2 unspecified atom stereocenters. The van der Waals surface area contributed by atoms with Gasteiger partial charge in [-0.1, -0.05) is 0 Å². The summed E-state index contributed by atoms with van der Waals surface area (Å²) < 4.78 is 23.4. The molecule has 1 aromatic heterocycles. The normalized spacial score (nSPS) is 33.6. The summed E-state index contributed by atoms with van der Waals surface area (Å²) in [6.45, 7) is 3.10. The molecule has 5 fully saturated rings. The molecular weight excluding hydrogens is 450 g/mol. The van der Waals surface area contributed by atoms with E-state index in [2.05, 4.69) is 20.5 Å². The standard InChI is InChI=1S/C25H33N5O3S/c1-16-15-26-24(27-20-2-4-21(5-3-20)30-6-8-34(32,33)9-7-30)29-23(16)28-22-18-10-17-11-19(22)14-25(31,12-17)13-18/h2-5,15,17-19,22,31H,6-14H2,1H3,(H2,26,27,28,29). The fourth-order valence-corrected chi connectivity index (χ4v) is 8.08. The largest absolute Gasteiger partial charge is 0.390 e. The number of hydrogen-bond acceptors (Lipinski definition) is 8. The molecule has 5 aliphatic rings. The third kappa shape index (κ3) is 4.24. The molecule has 1 aliphatic heterocycles. The van der Waals surface area contributed by atoms with Crippen molar-refractivity contribution in [3.05, 3.63) is 36.0 Å². The van der Waals surface area contributed by atoms with Crippen LogP contribution in [0.15, 0.2) is 30.5 Å². The number of nitrogens with zero attached hydrogens (tertiary/aromatic N) is 3. The molecule has 2 heterocycles. The highest BCUT2D eigenvalue weighted by Crippen LogP contribution is 2.56. The predicted octanol–water partition coefficient (Wildman–Crippen LogP) is 3.11. The molecule has 0 amide bonds. The molecule has 7 rings (SSSR count). The number of aromatic nitrogens is 2. The molecule has 2 aromatic rings. The Labute approximate surface area is 201 Å². The van der Waals surface area contributed by atoms with E-state index in [4.69, 9.17) is 4.98 Å². The zero-order valence-corrected chi connectivity index (χ0v) is 20.4. The quantitative estimate of drug-likeness (QED) is 0.596. The van der Waals surface area contributed by atoms with Gasteiger partial charge in [0.15, 0.2) is 9.84 Å². The molecule has 0 radical (unpaired) electrons. The highest BCUT2D eigenvalue weighted by Gasteiger charge is 2.54. The monoisotopic (exact) mass is 483 g/mol. The Balaban J connectivity index is 1.13. The van der Waals surface area contributed by atoms with Crippen molar-refractivity contribution >= 4 is 33.0 Å². The van der Waals surface area contributed by atoms with Crippen LogP contribution < -0.4 is 15.5 Å². The van der Waals surface area contributed by atoms with Crippen molar-refractivity contribution in [1.29, 1.82) is 0 Å². The Morgan fingerprint density at radius 3 is 2.38 bits per heavy atom. The van der Waals surface area contributed by atoms with E-state index in [1.54, 1.807) is 0 Å². The number of nitrogens with one attached hydrogen (secondary N) is 2. The molecule has 34 heavy (non-hydrogen) atoms. The highest BCUT2D eigenvalue weighted by atomic mass is 32.2. The predicted molar refractivity (Wildman–Crippen MR) is 133 cm³/mol. The number of anilines is 4. The van der Waals surface area contributed by atoms with Crippen LogP contribution in [-0.4, -0.2) is 59.7 Å². The van der Waals surface area contributed by atoms with Gasteiger partial charge in [-0.15, -0.1) is 0 Å². The topological polar surface area (TPSA) is 107 Å². The number of hydrogen-bond donors (Lipinski definition) is 3. The van der Waals surface area contributed by atoms with Crippen LogP contribution in [0.5, 0.6) is 0 Å². The van der Waals surface area contributed by atoms with Crippen LogP contribution in [-0.2, 0) is 9.84 Å². The minimum atomic E-state index is -2.89. The van der Waals surface area contributed by atoms with Crippen molar-refractivity contribution in [3.63, 3.8) is 0 Å². The van der Waals surface area contributed by atoms with Crippen LogP contribution in [0.3, 0.4) is 0 Å². The molecule has 182 valence electrons. The van der Waals surface area contributed by atoms with Gasteiger partial charge < -0.3 is 20.6 Å². The van der Waals surface area contributed by atoms with Gasteiger partial charge in [-0.2, -0.15) is 4.98 Å². The van der Waals surface area contributed by atoms with Crippen LogP contribution in [0.1, 0.15) is 37.7 Å². The Morgan fingerprint density at radius 1 is 1.06 bits per heavy atom. The number of aliphatic hydroxyl groups is 1. The van der Waals surface area contributed by atoms with Crippen molar-refractivity contribution < 1.29 is 13.5 Å². The van der Waals surface area contributed by atoms with E-state index in [0.29, 0.717) is 42.8 Å². The van der Waals surface area contributed by atoms with Crippen LogP contribution >= 0.6 is 0 Å². The maximum absolute atomic E-state index is 11.7. The zero-order valence-electron chi connectivity index (χ0n) is 19.6. The second kappa shape index (κ2) is 8.09. The Kier molecular flexibility index (Phi) is 5.26. The first-order valence-electron chi connectivity index (χ1n) is 12.4. The van der Waals surface area contributed by atoms with Gasteiger partial charge in [-0.3, -0.25) is 0 Å². The summed E-state index contributed by atoms with van der Waals surface area (Å²) in [7, 11) is -2.89. The lowest BCUT2D eigenvalue weighted by molar-refractivity contribution is -0.129. The molecule has 3 N–H and O–H groups in total. The minimum Gasteiger partial charge on any atom is -0.390 e. The Hall–Kier alpha value is -2.39. The smallest absolute Gasteiger partial charge is 0.229 e. The van der Waals surface area contributed by atoms with Crippen LogP contribution in [0, 0.1) is 24.7 Å². The fraction of sp³-hybridized carbons (Fsp3) is 0.600. The first kappa shape index (κ1) is 22.1. The van der Waals surface area contributed by atoms with Crippen molar-refractivity contribution in [3.8, 4) is 0 Å². The van der Waals surface area contributed by atoms with E-state index >= 15 is 0 Å². The molecule has 1 saturated heterocycles. The van der Waals surface area contributed by atoms with Gasteiger partial charge in [0.25, 0.3) is 0 Å². The van der Waals surface area contributed by atoms with Crippen LogP contribution in [0.4, 0.5) is 23.1 Å². The summed E-state index contributed by atoms with van der Waals surface area (Å²) in [5.74, 6) is 3.55. The summed E-state index contributed by atoms with van der Waals surface area (Å²) >= 11 is 0. The van der Waals surface area contributed by atoms with E-state index in [-0.39, 0.29) is 11.5 Å². The van der Waals surface area contributed by atoms with Gasteiger partial charge >= 0.3 is 0 Å². The molecule has 4 saturated carbocycles. The summed E-state index contributed by atoms with van der Waals surface area (Å²) in [5.41, 5.74) is 2.50. The molecule has 4 bridgehead atoms. The molecular formula is C25H33N5O3S. The van der Waals surface area contributed by atoms with Gasteiger partial charge in [0.1, 0.15) is 5.82 Å². The van der Waals surface area contributed by atoms with E-state index < -0.39 is 15.4 Å². The average molecular weight is 484 g/mol. The Morgan fingerprint density at radius 2 is 1.74 bits per heavy atom. The molecule has 4 aliphatic carbocycles. The van der Waals surface area contributed by atoms with Crippen molar-refractivity contribution in [1.82, 2.24) is 9.97 Å². The first-order valence-corrected chi connectivity index (χ1v) is 14.2. The lowest BCUT2D eigenvalue weighted by Crippen LogP contribution is -2.59. The summed E-state index contributed by atoms with van der Waals surface area (Å²) in [6, 6.07) is 8.34. The second-order valence-electron chi connectivity index (χ2n) is 10.9. The third-order valence-electron chi connectivity index (χ3n) is 8.35. The molecule has 2 atom stereocenters. The summed E-state index contributed by atoms with van der Waals surface area (Å²) in [6.07, 6.45) is 7.07. The second-order valence-corrected chi connectivity index (χ2v) is 13.2. The summed E-state index contributed by atoms with van der Waals surface area (Å²) in [4.78, 5) is 11.4. The van der Waals surface area contributed by atoms with Crippen molar-refractivity contribution in [2.24, 2.45) is 17.8 Å². The number of sulfone groups is 1. The van der Waals surface area contributed by atoms with Crippen LogP contribution in [0.2, 0.25) is 0 Å². The van der Waals surface area contributed by atoms with E-state index in [9.17, 15) is 13.5 Å². The Bertz CT molecular complexity index is 1160. The average Bonchev–Trinajstić information content (AvgIpc) is 2.78. The maximum atomic E-state index is 11.7. The first-order chi connectivity index (χ1) is 16.3. The summed E-state index contributed by atoms with van der Waals surface area (Å²) in [5, 5.41) is 17.9. The maximum Gasteiger partial charge on any atom is 0.229 e. The SMILES string of the molecule is Cc1cnc(Nc2ccc(N3CCS(=O)(=O)CC3)cc2)nc1NC1C2CC3CC1CC(O)(C3)C2. The number of rotatable bonds is 5. The van der Waals surface area contributed by atoms with Gasteiger partial charge in [-0.05, 0) is 81.0 Å². The van der Waals surface area contributed by atoms with E-state index in [1.165, 1.54) is 12.8 Å². The lowest BCUT2D eigenvalue weighted by atomic mass is 9.52. The lowest BCUT2D eigenvalue weighted by Gasteiger charge is -2.58. The number of benzene rings is 1. The minimum absolute atomic E-state index is 0.211. The number of aryl methyl sites for hydroxylation is 1. The van der Waals surface area contributed by atoms with Crippen molar-refractivity contribution in [2.75, 3.05) is 40.1 Å². The molecule has 0 spiro atoms. The molecule has 9 heteroatoms.